The Balaban J connectivity index is 1.16. The van der Waals surface area contributed by atoms with Crippen molar-refractivity contribution in [3.63, 3.8) is 0 Å². The molecule has 0 N–H and O–H groups in total. The summed E-state index contributed by atoms with van der Waals surface area (Å²) in [7, 11) is 0. The van der Waals surface area contributed by atoms with Crippen molar-refractivity contribution in [2.45, 2.75) is 74.3 Å². The summed E-state index contributed by atoms with van der Waals surface area (Å²) < 4.78 is 17.3. The Bertz CT molecular complexity index is 385. The summed E-state index contributed by atoms with van der Waals surface area (Å²) in [4.78, 5) is 0.192. The van der Waals surface area contributed by atoms with Gasteiger partial charge in [0.25, 0.3) is 0 Å². The van der Waals surface area contributed by atoms with Gasteiger partial charge in [0.2, 0.25) is 0 Å². The lowest BCUT2D eigenvalue weighted by molar-refractivity contribution is 0.242. The van der Waals surface area contributed by atoms with Crippen molar-refractivity contribution in [2.75, 3.05) is 12.4 Å². The van der Waals surface area contributed by atoms with Gasteiger partial charge in [-0.1, -0.05) is 0 Å². The summed E-state index contributed by atoms with van der Waals surface area (Å²) in [5, 5.41) is 0. The van der Waals surface area contributed by atoms with Crippen LogP contribution in [0.2, 0.25) is 0 Å². The fraction of sp³-hybridized carbons (Fsp3) is 1.00. The molecule has 5 fully saturated rings. The maximum atomic E-state index is 5.96. The molecule has 0 amide bonds. The van der Waals surface area contributed by atoms with Crippen LogP contribution in [-0.4, -0.2) is 41.7 Å². The van der Waals surface area contributed by atoms with Crippen LogP contribution in [-0.2, 0) is 14.2 Å². The Labute approximate surface area is 125 Å². The van der Waals surface area contributed by atoms with Gasteiger partial charge in [-0.15, -0.1) is 11.8 Å². The molecule has 2 saturated carbocycles. The number of rotatable bonds is 4. The van der Waals surface area contributed by atoms with E-state index >= 15 is 0 Å². The van der Waals surface area contributed by atoms with Gasteiger partial charge in [0.15, 0.2) is 0 Å². The minimum Gasteiger partial charge on any atom is -0.370 e. The monoisotopic (exact) mass is 296 g/mol. The van der Waals surface area contributed by atoms with Crippen molar-refractivity contribution in [2.24, 2.45) is 11.8 Å². The van der Waals surface area contributed by atoms with Crippen molar-refractivity contribution in [1.29, 1.82) is 0 Å². The standard InChI is InChI=1S/C16H24O3S/c1-4-14-15(19-14)7-10(1)8-20-16(9-17-16)11-2-5-12-13(18-12)6-3-11/h10-15H,1-9H2/t10?,11?,12-,13?,14-,15?,16+/m0/s1. The predicted octanol–water partition coefficient (Wildman–Crippen LogP) is 2.97. The summed E-state index contributed by atoms with van der Waals surface area (Å²) in [6, 6.07) is 0. The number of hydrogen-bond donors (Lipinski definition) is 0. The highest BCUT2D eigenvalue weighted by molar-refractivity contribution is 8.00. The average molecular weight is 296 g/mol. The van der Waals surface area contributed by atoms with E-state index in [2.05, 4.69) is 11.8 Å². The summed E-state index contributed by atoms with van der Waals surface area (Å²) in [6.45, 7) is 0.994. The Morgan fingerprint density at radius 2 is 1.50 bits per heavy atom. The number of hydrogen-bond acceptors (Lipinski definition) is 4. The smallest absolute Gasteiger partial charge is 0.140 e. The molecule has 20 heavy (non-hydrogen) atoms. The van der Waals surface area contributed by atoms with Gasteiger partial charge in [-0.3, -0.25) is 0 Å². The van der Waals surface area contributed by atoms with E-state index in [1.807, 2.05) is 0 Å². The molecule has 0 aromatic carbocycles. The molecule has 4 heteroatoms. The fourth-order valence-corrected chi connectivity index (χ4v) is 5.92. The van der Waals surface area contributed by atoms with Crippen LogP contribution in [0.4, 0.5) is 0 Å². The third kappa shape index (κ3) is 2.33. The quantitative estimate of drug-likeness (QED) is 0.748. The number of epoxide rings is 3. The zero-order chi connectivity index (χ0) is 13.2. The van der Waals surface area contributed by atoms with Crippen LogP contribution in [0.3, 0.4) is 0 Å². The molecule has 0 aromatic rings. The van der Waals surface area contributed by atoms with Crippen LogP contribution >= 0.6 is 11.8 Å². The molecular weight excluding hydrogens is 272 g/mol. The first-order chi connectivity index (χ1) is 9.82. The third-order valence-electron chi connectivity index (χ3n) is 6.01. The molecule has 112 valence electrons. The number of fused-ring (bicyclic) bond motifs is 2. The van der Waals surface area contributed by atoms with Crippen LogP contribution in [0.25, 0.3) is 0 Å². The van der Waals surface area contributed by atoms with E-state index in [0.717, 1.165) is 18.4 Å². The van der Waals surface area contributed by atoms with E-state index in [1.54, 1.807) is 0 Å². The molecule has 3 saturated heterocycles. The average Bonchev–Trinajstić information content (AvgIpc) is 3.33. The van der Waals surface area contributed by atoms with E-state index in [1.165, 1.54) is 50.7 Å². The van der Waals surface area contributed by atoms with Gasteiger partial charge in [0.1, 0.15) is 4.93 Å². The summed E-state index contributed by atoms with van der Waals surface area (Å²) in [5.41, 5.74) is 0. The highest BCUT2D eigenvalue weighted by Gasteiger charge is 2.55. The fourth-order valence-electron chi connectivity index (χ4n) is 4.41. The van der Waals surface area contributed by atoms with E-state index in [4.69, 9.17) is 14.2 Å². The zero-order valence-electron chi connectivity index (χ0n) is 12.0. The van der Waals surface area contributed by atoms with Crippen molar-refractivity contribution in [3.05, 3.63) is 0 Å². The van der Waals surface area contributed by atoms with Crippen LogP contribution in [0.1, 0.15) is 44.9 Å². The molecule has 3 aliphatic heterocycles. The van der Waals surface area contributed by atoms with Gasteiger partial charge in [-0.2, -0.15) is 0 Å². The lowest BCUT2D eigenvalue weighted by Crippen LogP contribution is -2.24. The Morgan fingerprint density at radius 3 is 2.20 bits per heavy atom. The first-order valence-corrected chi connectivity index (χ1v) is 9.40. The summed E-state index contributed by atoms with van der Waals surface area (Å²) in [6.07, 6.45) is 11.6. The third-order valence-corrected chi connectivity index (χ3v) is 7.71. The lowest BCUT2D eigenvalue weighted by Gasteiger charge is -2.25. The van der Waals surface area contributed by atoms with E-state index < -0.39 is 0 Å². The largest absolute Gasteiger partial charge is 0.370 e. The molecule has 4 unspecified atom stereocenters. The molecule has 7 atom stereocenters. The SMILES string of the molecule is C1C[C@@H]2OC2CC1CS[C@@]1(C2CCC3O[C@H]3CC2)CO1. The van der Waals surface area contributed by atoms with Crippen molar-refractivity contribution in [1.82, 2.24) is 0 Å². The predicted molar refractivity (Wildman–Crippen MR) is 77.8 cm³/mol. The second-order valence-corrected chi connectivity index (χ2v) is 8.68. The van der Waals surface area contributed by atoms with E-state index in [9.17, 15) is 0 Å². The lowest BCUT2D eigenvalue weighted by atomic mass is 9.91. The molecule has 0 aromatic heterocycles. The number of thioether (sulfide) groups is 1. The summed E-state index contributed by atoms with van der Waals surface area (Å²) in [5.74, 6) is 2.93. The molecule has 0 bridgehead atoms. The zero-order valence-corrected chi connectivity index (χ0v) is 12.8. The molecular formula is C16H24O3S. The van der Waals surface area contributed by atoms with Gasteiger partial charge >= 0.3 is 0 Å². The Hall–Kier alpha value is 0.230. The van der Waals surface area contributed by atoms with Gasteiger partial charge in [0, 0.05) is 0 Å². The molecule has 2 aliphatic carbocycles. The maximum Gasteiger partial charge on any atom is 0.140 e. The van der Waals surface area contributed by atoms with Crippen molar-refractivity contribution in [3.8, 4) is 0 Å². The van der Waals surface area contributed by atoms with Crippen molar-refractivity contribution >= 4 is 11.8 Å². The van der Waals surface area contributed by atoms with Gasteiger partial charge in [-0.05, 0) is 62.5 Å². The van der Waals surface area contributed by atoms with Crippen molar-refractivity contribution < 1.29 is 14.2 Å². The first kappa shape index (κ1) is 12.7. The topological polar surface area (TPSA) is 37.6 Å². The Kier molecular flexibility index (Phi) is 2.94. The van der Waals surface area contributed by atoms with Crippen LogP contribution in [0.5, 0.6) is 0 Å². The molecule has 0 radical (unpaired) electrons. The number of ether oxygens (including phenoxy) is 3. The first-order valence-electron chi connectivity index (χ1n) is 8.41. The van der Waals surface area contributed by atoms with E-state index in [0.29, 0.717) is 24.4 Å². The van der Waals surface area contributed by atoms with Gasteiger partial charge < -0.3 is 14.2 Å². The second-order valence-electron chi connectivity index (χ2n) is 7.37. The molecule has 5 aliphatic rings. The van der Waals surface area contributed by atoms with Crippen LogP contribution in [0, 0.1) is 11.8 Å². The van der Waals surface area contributed by atoms with Gasteiger partial charge in [-0.25, -0.2) is 0 Å². The highest BCUT2D eigenvalue weighted by atomic mass is 32.2. The maximum absolute atomic E-state index is 5.96. The summed E-state index contributed by atoms with van der Waals surface area (Å²) >= 11 is 2.13. The molecule has 0 spiro atoms. The normalized spacial score (nSPS) is 56.4. The molecule has 3 nitrogen and oxygen atoms in total. The molecule has 3 heterocycles. The van der Waals surface area contributed by atoms with Crippen LogP contribution in [0.15, 0.2) is 0 Å². The van der Waals surface area contributed by atoms with E-state index in [-0.39, 0.29) is 4.93 Å². The second kappa shape index (κ2) is 4.61. The molecule has 5 rings (SSSR count). The highest BCUT2D eigenvalue weighted by Crippen LogP contribution is 2.53. The van der Waals surface area contributed by atoms with Gasteiger partial charge in [0.05, 0.1) is 31.0 Å². The van der Waals surface area contributed by atoms with Crippen LogP contribution < -0.4 is 0 Å². The Morgan fingerprint density at radius 1 is 0.850 bits per heavy atom. The minimum atomic E-state index is 0.192. The minimum absolute atomic E-state index is 0.192.